The molecule has 106 valence electrons. The van der Waals surface area contributed by atoms with E-state index in [1.165, 1.54) is 5.69 Å². The van der Waals surface area contributed by atoms with Gasteiger partial charge in [0.15, 0.2) is 5.78 Å². The van der Waals surface area contributed by atoms with Gasteiger partial charge in [-0.1, -0.05) is 20.8 Å². The fourth-order valence-corrected chi connectivity index (χ4v) is 2.79. The Bertz CT molecular complexity index is 446. The molecule has 1 aromatic rings. The molecule has 0 radical (unpaired) electrons. The molecule has 0 fully saturated rings. The Morgan fingerprint density at radius 2 is 2.11 bits per heavy atom. The van der Waals surface area contributed by atoms with Gasteiger partial charge in [0.05, 0.1) is 0 Å². The number of hydrogen-bond donors (Lipinski definition) is 0. The summed E-state index contributed by atoms with van der Waals surface area (Å²) in [6, 6.07) is 1.99. The average Bonchev–Trinajstić information content (AvgIpc) is 2.71. The van der Waals surface area contributed by atoms with Crippen LogP contribution in [0.5, 0.6) is 0 Å². The number of nitrogens with zero attached hydrogens (tertiary/aromatic N) is 1. The van der Waals surface area contributed by atoms with Gasteiger partial charge in [-0.2, -0.15) is 0 Å². The standard InChI is InChI=1S/C16H25NO2/c1-4-9-19-10-5-7-17-8-6-13-14(17)11-16(2,3)12-15(13)18/h6,8H,4-5,7,9-12H2,1-3H3. The first-order chi connectivity index (χ1) is 9.03. The van der Waals surface area contributed by atoms with Crippen molar-refractivity contribution in [1.82, 2.24) is 4.57 Å². The summed E-state index contributed by atoms with van der Waals surface area (Å²) in [5.74, 6) is 0.298. The third-order valence-electron chi connectivity index (χ3n) is 3.70. The second-order valence-corrected chi connectivity index (χ2v) is 6.28. The highest BCUT2D eigenvalue weighted by atomic mass is 16.5. The average molecular weight is 263 g/mol. The SMILES string of the molecule is CCCOCCCn1ccc2c1CC(C)(C)CC2=O. The normalized spacial score (nSPS) is 17.5. The molecule has 0 N–H and O–H groups in total. The highest BCUT2D eigenvalue weighted by Gasteiger charge is 2.32. The maximum Gasteiger partial charge on any atom is 0.165 e. The molecule has 0 amide bonds. The van der Waals surface area contributed by atoms with Crippen LogP contribution in [0, 0.1) is 5.41 Å². The number of fused-ring (bicyclic) bond motifs is 1. The zero-order chi connectivity index (χ0) is 13.9. The molecule has 1 aliphatic rings. The van der Waals surface area contributed by atoms with Crippen molar-refractivity contribution in [3.05, 3.63) is 23.5 Å². The first-order valence-corrected chi connectivity index (χ1v) is 7.32. The first-order valence-electron chi connectivity index (χ1n) is 7.32. The Kier molecular flexibility index (Phi) is 4.46. The Hall–Kier alpha value is -1.09. The van der Waals surface area contributed by atoms with Gasteiger partial charge in [-0.3, -0.25) is 4.79 Å². The number of aryl methyl sites for hydroxylation is 1. The number of aromatic nitrogens is 1. The lowest BCUT2D eigenvalue weighted by Gasteiger charge is -2.29. The van der Waals surface area contributed by atoms with Gasteiger partial charge in [0, 0.05) is 43.6 Å². The van der Waals surface area contributed by atoms with E-state index in [2.05, 4.69) is 31.5 Å². The van der Waals surface area contributed by atoms with Gasteiger partial charge in [-0.15, -0.1) is 0 Å². The smallest absolute Gasteiger partial charge is 0.165 e. The van der Waals surface area contributed by atoms with Crippen LogP contribution in [-0.2, 0) is 17.7 Å². The fraction of sp³-hybridized carbons (Fsp3) is 0.688. The summed E-state index contributed by atoms with van der Waals surface area (Å²) in [5.41, 5.74) is 2.25. The van der Waals surface area contributed by atoms with Gasteiger partial charge in [-0.25, -0.2) is 0 Å². The van der Waals surface area contributed by atoms with E-state index >= 15 is 0 Å². The minimum atomic E-state index is 0.0961. The molecule has 0 atom stereocenters. The summed E-state index contributed by atoms with van der Waals surface area (Å²) in [5, 5.41) is 0. The zero-order valence-electron chi connectivity index (χ0n) is 12.4. The lowest BCUT2D eigenvalue weighted by molar-refractivity contribution is 0.0909. The topological polar surface area (TPSA) is 31.2 Å². The van der Waals surface area contributed by atoms with Crippen LogP contribution in [-0.4, -0.2) is 23.6 Å². The highest BCUT2D eigenvalue weighted by Crippen LogP contribution is 2.35. The number of Topliss-reactive ketones (excluding diaryl/α,β-unsaturated/α-hetero) is 1. The molecular weight excluding hydrogens is 238 g/mol. The van der Waals surface area contributed by atoms with Crippen molar-refractivity contribution in [2.75, 3.05) is 13.2 Å². The lowest BCUT2D eigenvalue weighted by atomic mass is 9.76. The molecule has 2 rings (SSSR count). The second-order valence-electron chi connectivity index (χ2n) is 6.28. The van der Waals surface area contributed by atoms with E-state index in [0.29, 0.717) is 12.2 Å². The molecule has 0 spiro atoms. The van der Waals surface area contributed by atoms with E-state index in [1.807, 2.05) is 6.07 Å². The number of ketones is 1. The summed E-state index contributed by atoms with van der Waals surface area (Å²) < 4.78 is 7.75. The van der Waals surface area contributed by atoms with Crippen molar-refractivity contribution in [3.63, 3.8) is 0 Å². The van der Waals surface area contributed by atoms with Crippen LogP contribution in [0.2, 0.25) is 0 Å². The molecule has 3 nitrogen and oxygen atoms in total. The minimum absolute atomic E-state index is 0.0961. The Balaban J connectivity index is 1.98. The number of carbonyl (C=O) groups is 1. The monoisotopic (exact) mass is 263 g/mol. The molecule has 1 heterocycles. The first kappa shape index (κ1) is 14.3. The summed E-state index contributed by atoms with van der Waals surface area (Å²) in [4.78, 5) is 12.1. The fourth-order valence-electron chi connectivity index (χ4n) is 2.79. The third kappa shape index (κ3) is 3.47. The van der Waals surface area contributed by atoms with Gasteiger partial charge in [-0.05, 0) is 30.7 Å². The second kappa shape index (κ2) is 5.91. The van der Waals surface area contributed by atoms with Crippen molar-refractivity contribution in [3.8, 4) is 0 Å². The van der Waals surface area contributed by atoms with Crippen molar-refractivity contribution in [2.24, 2.45) is 5.41 Å². The van der Waals surface area contributed by atoms with Gasteiger partial charge in [0.1, 0.15) is 0 Å². The van der Waals surface area contributed by atoms with E-state index in [4.69, 9.17) is 4.74 Å². The minimum Gasteiger partial charge on any atom is -0.381 e. The quantitative estimate of drug-likeness (QED) is 0.736. The van der Waals surface area contributed by atoms with E-state index in [0.717, 1.165) is 44.6 Å². The maximum atomic E-state index is 12.1. The van der Waals surface area contributed by atoms with Crippen molar-refractivity contribution in [2.45, 2.75) is 53.0 Å². The van der Waals surface area contributed by atoms with Crippen molar-refractivity contribution in [1.29, 1.82) is 0 Å². The Labute approximate surface area is 115 Å². The number of hydrogen-bond acceptors (Lipinski definition) is 2. The summed E-state index contributed by atoms with van der Waals surface area (Å²) in [7, 11) is 0. The van der Waals surface area contributed by atoms with E-state index in [1.54, 1.807) is 0 Å². The predicted molar refractivity (Wildman–Crippen MR) is 76.6 cm³/mol. The van der Waals surface area contributed by atoms with Crippen LogP contribution in [0.4, 0.5) is 0 Å². The predicted octanol–water partition coefficient (Wildman–Crippen LogP) is 3.46. The van der Waals surface area contributed by atoms with E-state index < -0.39 is 0 Å². The van der Waals surface area contributed by atoms with E-state index in [9.17, 15) is 4.79 Å². The molecule has 3 heteroatoms. The summed E-state index contributed by atoms with van der Waals surface area (Å²) in [6.45, 7) is 9.07. The van der Waals surface area contributed by atoms with Gasteiger partial charge < -0.3 is 9.30 Å². The van der Waals surface area contributed by atoms with Crippen LogP contribution in [0.25, 0.3) is 0 Å². The van der Waals surface area contributed by atoms with Gasteiger partial charge in [0.25, 0.3) is 0 Å². The highest BCUT2D eigenvalue weighted by molar-refractivity contribution is 5.98. The number of rotatable bonds is 6. The largest absolute Gasteiger partial charge is 0.381 e. The van der Waals surface area contributed by atoms with Crippen LogP contribution in [0.1, 0.15) is 56.1 Å². The third-order valence-corrected chi connectivity index (χ3v) is 3.70. The molecule has 0 aromatic carbocycles. The van der Waals surface area contributed by atoms with Crippen molar-refractivity contribution >= 4 is 5.78 Å². The van der Waals surface area contributed by atoms with Crippen LogP contribution in [0.15, 0.2) is 12.3 Å². The molecule has 0 aliphatic heterocycles. The van der Waals surface area contributed by atoms with E-state index in [-0.39, 0.29) is 5.41 Å². The molecule has 0 unspecified atom stereocenters. The Morgan fingerprint density at radius 1 is 1.32 bits per heavy atom. The van der Waals surface area contributed by atoms with Crippen LogP contribution >= 0.6 is 0 Å². The number of carbonyl (C=O) groups excluding carboxylic acids is 1. The molecule has 19 heavy (non-hydrogen) atoms. The summed E-state index contributed by atoms with van der Waals surface area (Å²) >= 11 is 0. The van der Waals surface area contributed by atoms with Gasteiger partial charge in [0.2, 0.25) is 0 Å². The zero-order valence-corrected chi connectivity index (χ0v) is 12.4. The Morgan fingerprint density at radius 3 is 2.84 bits per heavy atom. The molecule has 0 saturated carbocycles. The summed E-state index contributed by atoms with van der Waals surface area (Å²) in [6.07, 6.45) is 5.81. The van der Waals surface area contributed by atoms with Crippen LogP contribution in [0.3, 0.4) is 0 Å². The molecule has 0 bridgehead atoms. The van der Waals surface area contributed by atoms with Crippen molar-refractivity contribution < 1.29 is 9.53 Å². The molecule has 0 saturated heterocycles. The number of ether oxygens (including phenoxy) is 1. The maximum absolute atomic E-state index is 12.1. The van der Waals surface area contributed by atoms with Gasteiger partial charge >= 0.3 is 0 Å². The lowest BCUT2D eigenvalue weighted by Crippen LogP contribution is -2.28. The molecular formula is C16H25NO2. The molecule has 1 aliphatic carbocycles. The van der Waals surface area contributed by atoms with Crippen LogP contribution < -0.4 is 0 Å². The molecule has 1 aromatic heterocycles.